The smallest absolute Gasteiger partial charge is 0.226 e. The normalized spacial score (nSPS) is 10.5. The lowest BCUT2D eigenvalue weighted by Gasteiger charge is -2.11. The topological polar surface area (TPSA) is 79.8 Å². The predicted octanol–water partition coefficient (Wildman–Crippen LogP) is 4.61. The summed E-state index contributed by atoms with van der Waals surface area (Å²) in [5, 5.41) is 6.18. The minimum atomic E-state index is -0.0444. The van der Waals surface area contributed by atoms with Crippen molar-refractivity contribution in [3.05, 3.63) is 64.5 Å². The van der Waals surface area contributed by atoms with Crippen LogP contribution in [0, 0.1) is 6.92 Å². The zero-order valence-corrected chi connectivity index (χ0v) is 17.5. The van der Waals surface area contributed by atoms with Crippen LogP contribution in [0.4, 0.5) is 11.5 Å². The van der Waals surface area contributed by atoms with Gasteiger partial charge in [-0.1, -0.05) is 22.9 Å². The molecule has 28 heavy (non-hydrogen) atoms. The number of aryl methyl sites for hydroxylation is 2. The summed E-state index contributed by atoms with van der Waals surface area (Å²) < 4.78 is 0.991. The van der Waals surface area contributed by atoms with Crippen LogP contribution in [0.15, 0.2) is 53.3 Å². The lowest BCUT2D eigenvalue weighted by Crippen LogP contribution is -2.17. The molecule has 144 valence electrons. The Balaban J connectivity index is 1.61. The van der Waals surface area contributed by atoms with E-state index in [1.54, 1.807) is 12.4 Å². The predicted molar refractivity (Wildman–Crippen MR) is 115 cm³/mol. The maximum Gasteiger partial charge on any atom is 0.226 e. The third kappa shape index (κ3) is 5.36. The first-order valence-corrected chi connectivity index (χ1v) is 9.92. The van der Waals surface area contributed by atoms with Crippen LogP contribution >= 0.6 is 15.9 Å². The molecule has 3 rings (SSSR count). The van der Waals surface area contributed by atoms with Crippen LogP contribution in [0.3, 0.4) is 0 Å². The minimum Gasteiger partial charge on any atom is -0.369 e. The van der Waals surface area contributed by atoms with E-state index in [2.05, 4.69) is 48.4 Å². The van der Waals surface area contributed by atoms with E-state index in [0.29, 0.717) is 24.6 Å². The Morgan fingerprint density at radius 3 is 2.61 bits per heavy atom. The minimum absolute atomic E-state index is 0.0444. The van der Waals surface area contributed by atoms with Crippen LogP contribution in [0.2, 0.25) is 0 Å². The quantitative estimate of drug-likeness (QED) is 0.561. The Hall–Kier alpha value is -2.80. The van der Waals surface area contributed by atoms with Crippen molar-refractivity contribution < 1.29 is 4.79 Å². The summed E-state index contributed by atoms with van der Waals surface area (Å²) in [4.78, 5) is 25.4. The van der Waals surface area contributed by atoms with Crippen molar-refractivity contribution >= 4 is 33.3 Å². The molecule has 2 N–H and O–H groups in total. The molecule has 0 bridgehead atoms. The molecular weight excluding hydrogens is 418 g/mol. The molecule has 2 aromatic heterocycles. The van der Waals surface area contributed by atoms with E-state index < -0.39 is 0 Å². The molecule has 0 unspecified atom stereocenters. The average Bonchev–Trinajstić information content (AvgIpc) is 2.70. The van der Waals surface area contributed by atoms with Gasteiger partial charge in [-0.05, 0) is 49.2 Å². The Kier molecular flexibility index (Phi) is 6.71. The highest BCUT2D eigenvalue weighted by atomic mass is 79.9. The molecule has 0 saturated carbocycles. The lowest BCUT2D eigenvalue weighted by atomic mass is 10.2. The number of halogens is 1. The zero-order chi connectivity index (χ0) is 19.9. The van der Waals surface area contributed by atoms with E-state index in [1.807, 2.05) is 43.3 Å². The fourth-order valence-electron chi connectivity index (χ4n) is 2.68. The van der Waals surface area contributed by atoms with Gasteiger partial charge in [-0.3, -0.25) is 9.78 Å². The average molecular weight is 440 g/mol. The van der Waals surface area contributed by atoms with Gasteiger partial charge in [0.1, 0.15) is 5.82 Å². The highest BCUT2D eigenvalue weighted by Gasteiger charge is 2.08. The molecule has 0 fully saturated rings. The molecular formula is C21H22BrN5O. The van der Waals surface area contributed by atoms with Crippen LogP contribution < -0.4 is 10.6 Å². The van der Waals surface area contributed by atoms with E-state index in [0.717, 1.165) is 33.4 Å². The number of benzene rings is 1. The van der Waals surface area contributed by atoms with Crippen LogP contribution in [0.25, 0.3) is 11.4 Å². The third-order valence-corrected chi connectivity index (χ3v) is 4.69. The Morgan fingerprint density at radius 1 is 1.11 bits per heavy atom. The number of rotatable bonds is 7. The molecule has 0 aliphatic heterocycles. The Labute approximate surface area is 173 Å². The number of nitrogens with one attached hydrogen (secondary N) is 2. The second-order valence-corrected chi connectivity index (χ2v) is 7.26. The number of carbonyl (C=O) groups is 1. The number of aromatic nitrogens is 3. The molecule has 3 aromatic rings. The van der Waals surface area contributed by atoms with Crippen LogP contribution in [0.1, 0.15) is 24.6 Å². The highest BCUT2D eigenvalue weighted by Crippen LogP contribution is 2.20. The van der Waals surface area contributed by atoms with Gasteiger partial charge in [0.2, 0.25) is 5.91 Å². The summed E-state index contributed by atoms with van der Waals surface area (Å²) in [6.07, 6.45) is 4.59. The summed E-state index contributed by atoms with van der Waals surface area (Å²) in [7, 11) is 0. The molecule has 1 aromatic carbocycles. The molecule has 0 atom stereocenters. The number of anilines is 2. The van der Waals surface area contributed by atoms with Crippen molar-refractivity contribution in [3.8, 4) is 11.4 Å². The van der Waals surface area contributed by atoms with Crippen LogP contribution in [-0.4, -0.2) is 27.4 Å². The number of hydrogen-bond acceptors (Lipinski definition) is 5. The van der Waals surface area contributed by atoms with Crippen molar-refractivity contribution in [1.82, 2.24) is 15.0 Å². The highest BCUT2D eigenvalue weighted by molar-refractivity contribution is 9.10. The lowest BCUT2D eigenvalue weighted by molar-refractivity contribution is -0.115. The van der Waals surface area contributed by atoms with Crippen molar-refractivity contribution in [2.45, 2.75) is 26.7 Å². The molecule has 0 spiro atoms. The molecule has 1 amide bonds. The molecule has 0 saturated heterocycles. The number of hydrogen-bond donors (Lipinski definition) is 2. The number of pyridine rings is 1. The molecule has 0 radical (unpaired) electrons. The fraction of sp³-hybridized carbons (Fsp3) is 0.238. The zero-order valence-electron chi connectivity index (χ0n) is 15.9. The third-order valence-electron chi connectivity index (χ3n) is 4.20. The summed E-state index contributed by atoms with van der Waals surface area (Å²) in [6, 6.07) is 11.5. The van der Waals surface area contributed by atoms with Crippen molar-refractivity contribution in [1.29, 1.82) is 0 Å². The maximum atomic E-state index is 12.2. The standard InChI is InChI=1S/C21H22BrN5O/c1-3-17-13-19(27-21(25-17)15-6-9-23-10-7-15)24-11-8-20(28)26-18-5-4-16(22)12-14(18)2/h4-7,9-10,12-13H,3,8,11H2,1-2H3,(H,26,28)(H,24,25,27). The molecule has 2 heterocycles. The van der Waals surface area contributed by atoms with Gasteiger partial charge >= 0.3 is 0 Å². The summed E-state index contributed by atoms with van der Waals surface area (Å²) in [6.45, 7) is 4.50. The van der Waals surface area contributed by atoms with Crippen molar-refractivity contribution in [3.63, 3.8) is 0 Å². The SMILES string of the molecule is CCc1cc(NCCC(=O)Nc2ccc(Br)cc2C)nc(-c2ccncc2)n1. The van der Waals surface area contributed by atoms with E-state index >= 15 is 0 Å². The fourth-order valence-corrected chi connectivity index (χ4v) is 3.16. The molecule has 0 aliphatic rings. The van der Waals surface area contributed by atoms with Gasteiger partial charge in [-0.2, -0.15) is 0 Å². The van der Waals surface area contributed by atoms with Gasteiger partial charge in [0.15, 0.2) is 5.82 Å². The monoisotopic (exact) mass is 439 g/mol. The number of nitrogens with zero attached hydrogens (tertiary/aromatic N) is 3. The largest absolute Gasteiger partial charge is 0.369 e. The van der Waals surface area contributed by atoms with Gasteiger partial charge in [-0.25, -0.2) is 9.97 Å². The van der Waals surface area contributed by atoms with E-state index in [1.165, 1.54) is 0 Å². The summed E-state index contributed by atoms with van der Waals surface area (Å²) in [5.41, 5.74) is 3.70. The van der Waals surface area contributed by atoms with Gasteiger partial charge < -0.3 is 10.6 Å². The van der Waals surface area contributed by atoms with Crippen LogP contribution in [-0.2, 0) is 11.2 Å². The van der Waals surface area contributed by atoms with Crippen molar-refractivity contribution in [2.24, 2.45) is 0 Å². The van der Waals surface area contributed by atoms with E-state index in [4.69, 9.17) is 0 Å². The molecule has 0 aliphatic carbocycles. The molecule has 6 nitrogen and oxygen atoms in total. The number of amides is 1. The Bertz CT molecular complexity index is 962. The first-order chi connectivity index (χ1) is 13.5. The van der Waals surface area contributed by atoms with E-state index in [9.17, 15) is 4.79 Å². The van der Waals surface area contributed by atoms with Gasteiger partial charge in [0.05, 0.1) is 0 Å². The summed E-state index contributed by atoms with van der Waals surface area (Å²) in [5.74, 6) is 1.32. The first kappa shape index (κ1) is 19.9. The van der Waals surface area contributed by atoms with Crippen molar-refractivity contribution in [2.75, 3.05) is 17.2 Å². The van der Waals surface area contributed by atoms with Gasteiger partial charge in [0.25, 0.3) is 0 Å². The second-order valence-electron chi connectivity index (χ2n) is 6.34. The van der Waals surface area contributed by atoms with E-state index in [-0.39, 0.29) is 5.91 Å². The molecule has 7 heteroatoms. The maximum absolute atomic E-state index is 12.2. The second kappa shape index (κ2) is 9.41. The Morgan fingerprint density at radius 2 is 1.89 bits per heavy atom. The van der Waals surface area contributed by atoms with Gasteiger partial charge in [-0.15, -0.1) is 0 Å². The summed E-state index contributed by atoms with van der Waals surface area (Å²) >= 11 is 3.43. The number of carbonyl (C=O) groups excluding carboxylic acids is 1. The van der Waals surface area contributed by atoms with Crippen LogP contribution in [0.5, 0.6) is 0 Å². The first-order valence-electron chi connectivity index (χ1n) is 9.13. The van der Waals surface area contributed by atoms with Gasteiger partial charge in [0, 0.05) is 52.8 Å².